The van der Waals surface area contributed by atoms with Crippen LogP contribution in [0, 0.1) is 12.8 Å². The van der Waals surface area contributed by atoms with Crippen LogP contribution < -0.4 is 0 Å². The van der Waals surface area contributed by atoms with Crippen LogP contribution in [0.15, 0.2) is 10.5 Å². The summed E-state index contributed by atoms with van der Waals surface area (Å²) in [5.74, 6) is -1.03. The topological polar surface area (TPSA) is 37.3 Å². The van der Waals surface area contributed by atoms with Crippen molar-refractivity contribution in [2.75, 3.05) is 0 Å². The van der Waals surface area contributed by atoms with Gasteiger partial charge in [0, 0.05) is 14.2 Å². The van der Waals surface area contributed by atoms with E-state index in [0.717, 1.165) is 14.2 Å². The van der Waals surface area contributed by atoms with Gasteiger partial charge in [-0.1, -0.05) is 13.8 Å². The molecule has 14 heavy (non-hydrogen) atoms. The van der Waals surface area contributed by atoms with Gasteiger partial charge in [0.15, 0.2) is 0 Å². The van der Waals surface area contributed by atoms with Crippen molar-refractivity contribution in [2.45, 2.75) is 26.7 Å². The second-order valence-electron chi connectivity index (χ2n) is 3.63. The van der Waals surface area contributed by atoms with Crippen molar-refractivity contribution in [3.8, 4) is 0 Å². The number of halogens is 1. The lowest BCUT2D eigenvalue weighted by Crippen LogP contribution is -2.16. The fourth-order valence-corrected chi connectivity index (χ4v) is 3.58. The minimum atomic E-state index is -0.748. The molecule has 0 saturated carbocycles. The Labute approximate surface area is 96.1 Å². The molecule has 0 fully saturated rings. The van der Waals surface area contributed by atoms with Crippen molar-refractivity contribution in [1.29, 1.82) is 0 Å². The Morgan fingerprint density at radius 2 is 2.14 bits per heavy atom. The van der Waals surface area contributed by atoms with Crippen molar-refractivity contribution in [1.82, 2.24) is 0 Å². The molecular formula is C10H13BrO2S. The smallest absolute Gasteiger partial charge is 0.312 e. The fourth-order valence-electron chi connectivity index (χ4n) is 1.41. The summed E-state index contributed by atoms with van der Waals surface area (Å²) in [5, 5.41) is 9.12. The van der Waals surface area contributed by atoms with E-state index in [1.165, 1.54) is 0 Å². The summed E-state index contributed by atoms with van der Waals surface area (Å²) >= 11 is 4.95. The van der Waals surface area contributed by atoms with E-state index in [0.29, 0.717) is 0 Å². The standard InChI is InChI=1S/C10H13BrO2S/c1-5(2)8(10(12)13)9-7(11)4-6(3)14-9/h4-5,8H,1-3H3,(H,12,13). The monoisotopic (exact) mass is 276 g/mol. The van der Waals surface area contributed by atoms with E-state index >= 15 is 0 Å². The molecule has 1 aromatic rings. The van der Waals surface area contributed by atoms with Crippen molar-refractivity contribution in [3.63, 3.8) is 0 Å². The maximum atomic E-state index is 11.1. The Kier molecular flexibility index (Phi) is 3.72. The first-order chi connectivity index (χ1) is 6.43. The zero-order chi connectivity index (χ0) is 10.9. The summed E-state index contributed by atoms with van der Waals surface area (Å²) in [6, 6.07) is 1.97. The lowest BCUT2D eigenvalue weighted by Gasteiger charge is -2.14. The van der Waals surface area contributed by atoms with E-state index in [4.69, 9.17) is 5.11 Å². The van der Waals surface area contributed by atoms with Crippen LogP contribution in [0.25, 0.3) is 0 Å². The highest BCUT2D eigenvalue weighted by Crippen LogP contribution is 2.37. The predicted molar refractivity (Wildman–Crippen MR) is 62.0 cm³/mol. The van der Waals surface area contributed by atoms with Gasteiger partial charge in [-0.3, -0.25) is 4.79 Å². The SMILES string of the molecule is Cc1cc(Br)c(C(C(=O)O)C(C)C)s1. The maximum Gasteiger partial charge on any atom is 0.312 e. The molecule has 1 heterocycles. The van der Waals surface area contributed by atoms with Crippen LogP contribution in [0.2, 0.25) is 0 Å². The average molecular weight is 277 g/mol. The van der Waals surface area contributed by atoms with Gasteiger partial charge >= 0.3 is 5.97 Å². The van der Waals surface area contributed by atoms with Gasteiger partial charge in [-0.05, 0) is 34.8 Å². The van der Waals surface area contributed by atoms with Crippen molar-refractivity contribution < 1.29 is 9.90 Å². The molecule has 0 saturated heterocycles. The van der Waals surface area contributed by atoms with Crippen LogP contribution in [0.5, 0.6) is 0 Å². The molecule has 78 valence electrons. The summed E-state index contributed by atoms with van der Waals surface area (Å²) < 4.78 is 0.918. The van der Waals surface area contributed by atoms with Gasteiger partial charge < -0.3 is 5.11 Å². The molecule has 0 aromatic carbocycles. The Morgan fingerprint density at radius 1 is 1.57 bits per heavy atom. The van der Waals surface area contributed by atoms with Crippen LogP contribution in [-0.2, 0) is 4.79 Å². The Hall–Kier alpha value is -0.350. The molecule has 2 nitrogen and oxygen atoms in total. The average Bonchev–Trinajstić information content (AvgIpc) is 2.29. The van der Waals surface area contributed by atoms with Crippen LogP contribution in [-0.4, -0.2) is 11.1 Å². The fraction of sp³-hybridized carbons (Fsp3) is 0.500. The minimum Gasteiger partial charge on any atom is -0.481 e. The third-order valence-electron chi connectivity index (χ3n) is 2.05. The third kappa shape index (κ3) is 2.36. The molecule has 0 amide bonds. The van der Waals surface area contributed by atoms with E-state index in [1.807, 2.05) is 26.8 Å². The van der Waals surface area contributed by atoms with Crippen molar-refractivity contribution >= 4 is 33.2 Å². The molecule has 0 aliphatic rings. The summed E-state index contributed by atoms with van der Waals surface area (Å²) in [4.78, 5) is 13.1. The molecule has 1 unspecified atom stereocenters. The zero-order valence-electron chi connectivity index (χ0n) is 8.37. The van der Waals surface area contributed by atoms with Gasteiger partial charge in [0.25, 0.3) is 0 Å². The quantitative estimate of drug-likeness (QED) is 0.915. The number of hydrogen-bond donors (Lipinski definition) is 1. The molecular weight excluding hydrogens is 264 g/mol. The molecule has 1 N–H and O–H groups in total. The second kappa shape index (κ2) is 4.45. The lowest BCUT2D eigenvalue weighted by molar-refractivity contribution is -0.139. The number of rotatable bonds is 3. The zero-order valence-corrected chi connectivity index (χ0v) is 10.8. The molecule has 0 aliphatic carbocycles. The molecule has 0 aliphatic heterocycles. The van der Waals surface area contributed by atoms with Crippen LogP contribution in [0.4, 0.5) is 0 Å². The summed E-state index contributed by atoms with van der Waals surface area (Å²) in [6.45, 7) is 5.85. The van der Waals surface area contributed by atoms with Gasteiger partial charge in [0.05, 0.1) is 5.92 Å². The molecule has 0 radical (unpaired) electrons. The summed E-state index contributed by atoms with van der Waals surface area (Å²) in [5.41, 5.74) is 0. The van der Waals surface area contributed by atoms with Crippen molar-refractivity contribution in [2.24, 2.45) is 5.92 Å². The van der Waals surface area contributed by atoms with Crippen LogP contribution in [0.1, 0.15) is 29.5 Å². The van der Waals surface area contributed by atoms with E-state index in [9.17, 15) is 4.79 Å². The minimum absolute atomic E-state index is 0.113. The lowest BCUT2D eigenvalue weighted by atomic mass is 9.94. The maximum absolute atomic E-state index is 11.1. The second-order valence-corrected chi connectivity index (χ2v) is 5.77. The van der Waals surface area contributed by atoms with Crippen LogP contribution >= 0.6 is 27.3 Å². The highest BCUT2D eigenvalue weighted by atomic mass is 79.9. The van der Waals surface area contributed by atoms with Gasteiger partial charge in [-0.15, -0.1) is 11.3 Å². The Morgan fingerprint density at radius 3 is 2.43 bits per heavy atom. The van der Waals surface area contributed by atoms with E-state index < -0.39 is 11.9 Å². The largest absolute Gasteiger partial charge is 0.481 e. The number of carboxylic acid groups (broad SMARTS) is 1. The first-order valence-corrected chi connectivity index (χ1v) is 6.03. The van der Waals surface area contributed by atoms with Gasteiger partial charge in [0.2, 0.25) is 0 Å². The van der Waals surface area contributed by atoms with Gasteiger partial charge in [-0.25, -0.2) is 0 Å². The Bertz CT molecular complexity index is 344. The van der Waals surface area contributed by atoms with Crippen LogP contribution in [0.3, 0.4) is 0 Å². The van der Waals surface area contributed by atoms with E-state index in [-0.39, 0.29) is 5.92 Å². The van der Waals surface area contributed by atoms with Gasteiger partial charge in [0.1, 0.15) is 0 Å². The highest BCUT2D eigenvalue weighted by Gasteiger charge is 2.27. The molecule has 1 atom stereocenters. The number of hydrogen-bond acceptors (Lipinski definition) is 2. The number of carboxylic acids is 1. The molecule has 4 heteroatoms. The normalized spacial score (nSPS) is 13.2. The highest BCUT2D eigenvalue weighted by molar-refractivity contribution is 9.10. The molecule has 1 rings (SSSR count). The first-order valence-electron chi connectivity index (χ1n) is 4.42. The predicted octanol–water partition coefficient (Wildman–Crippen LogP) is 3.64. The summed E-state index contributed by atoms with van der Waals surface area (Å²) in [7, 11) is 0. The molecule has 0 bridgehead atoms. The number of carbonyl (C=O) groups is 1. The van der Waals surface area contributed by atoms with E-state index in [1.54, 1.807) is 11.3 Å². The Balaban J connectivity index is 3.11. The summed E-state index contributed by atoms with van der Waals surface area (Å²) in [6.07, 6.45) is 0. The first kappa shape index (κ1) is 11.7. The van der Waals surface area contributed by atoms with Gasteiger partial charge in [-0.2, -0.15) is 0 Å². The number of thiophene rings is 1. The third-order valence-corrected chi connectivity index (χ3v) is 4.10. The van der Waals surface area contributed by atoms with E-state index in [2.05, 4.69) is 15.9 Å². The molecule has 1 aromatic heterocycles. The number of aliphatic carboxylic acids is 1. The molecule has 0 spiro atoms. The number of aryl methyl sites for hydroxylation is 1. The van der Waals surface area contributed by atoms with Crippen molar-refractivity contribution in [3.05, 3.63) is 20.3 Å².